The monoisotopic (exact) mass is 2270 g/mol. The topological polar surface area (TPSA) is 359 Å². The Morgan fingerprint density at radius 3 is 1.05 bits per heavy atom. The first-order chi connectivity index (χ1) is 69.1. The number of carbonyl (C=O) groups is 9. The van der Waals surface area contributed by atoms with Crippen LogP contribution < -0.4 is 21.3 Å². The number of phenolic OH excluding ortho intramolecular Hbond substituents is 1. The zero-order chi connectivity index (χ0) is 115. The highest BCUT2D eigenvalue weighted by atomic mass is 31.2. The van der Waals surface area contributed by atoms with Crippen LogP contribution in [0.25, 0.3) is 16.7 Å². The first kappa shape index (κ1) is 139. The van der Waals surface area contributed by atoms with Crippen LogP contribution >= 0.6 is 7.14 Å². The van der Waals surface area contributed by atoms with Gasteiger partial charge in [-0.3, -0.25) is 33.6 Å². The molecule has 4 N–H and O–H groups in total. The Balaban J connectivity index is 0.000000907. The molecule has 39 heteroatoms. The number of amides is 3. The molecule has 0 aliphatic rings. The van der Waals surface area contributed by atoms with Crippen molar-refractivity contribution in [3.05, 3.63) is 233 Å². The van der Waals surface area contributed by atoms with Gasteiger partial charge in [-0.25, -0.2) is 9.59 Å². The van der Waals surface area contributed by atoms with E-state index in [2.05, 4.69) is 217 Å². The maximum absolute atomic E-state index is 14.5. The number of ether oxygens (including phenoxy) is 5. The van der Waals surface area contributed by atoms with E-state index in [4.69, 9.17) is 48.4 Å². The van der Waals surface area contributed by atoms with Crippen molar-refractivity contribution in [3.63, 3.8) is 0 Å². The Morgan fingerprint density at radius 2 is 0.713 bits per heavy atom. The minimum Gasteiger partial charge on any atom is -0.506 e. The van der Waals surface area contributed by atoms with Gasteiger partial charge in [-0.15, -0.1) is 28.2 Å². The molecule has 5 aromatic carbocycles. The largest absolute Gasteiger partial charge is 0.506 e. The fourth-order valence-corrected chi connectivity index (χ4v) is 67.2. The predicted molar refractivity (Wildman–Crippen MR) is 639 cm³/mol. The van der Waals surface area contributed by atoms with Crippen molar-refractivity contribution < 1.29 is 101 Å². The molecule has 6 rings (SSSR count). The Bertz CT molecular complexity index is 5330. The number of carbonyl (C=O) groups excluding carboxylic acids is 9. The molecule has 1 heterocycles. The average molecular weight is 2270 g/mol. The standard InChI is InChI=1S/C26H27O3P.C20H42N2O4Si3.C18H17N3O3.C18H42O4Si4.C17H39NO3Si3.C12H18O5/c1-16-12-18(3)23(19(4)13-16)25(27)30(29,22-10-8-7-9-11-22)26(28)24-20(5)14-17(2)15-21(24)6;1-17(2)19(23)21-13-11-15-27(5,6)25-29(9,10)26-28(7,8)16-12-14-22-20(24)18(3)4;1-12(2)18(23)24-10-9-13-7-8-17(22)16(11-13)21-19-14-5-3-4-6-15(14)20-21;1-17(2)18(19)20-13-12-14-24(6,7)22-26(10,11)16-15-25(8,9)21-23(3,4)5;1-10-11-14-22(4,5)20-24(8,9)21-23(6,7)15-12-13-18-17(19)16(2)3;1-3-5-11(13)16-9-7-15-8-10-17-12(14)6-4-2/h7-15H,1-6H3;1,3,11-16H2,2,4-10H3,(H,21,23)(H,22,24);3-8,11,22H,1,9-10H2,2H3;1,12-16H2,2-11H3;2,10-15H2,1,3-9H3,(H,18,19);3-4H,1-2,5-10H2. The summed E-state index contributed by atoms with van der Waals surface area (Å²) >= 11 is 0. The third-order valence-corrected chi connectivity index (χ3v) is 62.3. The zero-order valence-corrected chi connectivity index (χ0v) is 108. The van der Waals surface area contributed by atoms with Crippen LogP contribution in [-0.2, 0) is 92.9 Å². The molecule has 0 bridgehead atoms. The zero-order valence-electron chi connectivity index (χ0n) is 97.3. The normalized spacial score (nSPS) is 11.9. The summed E-state index contributed by atoms with van der Waals surface area (Å²) in [6.07, 6.45) is 9.92. The lowest BCUT2D eigenvalue weighted by Crippen LogP contribution is -2.52. The molecule has 0 radical (unpaired) electrons. The molecule has 0 aliphatic carbocycles. The van der Waals surface area contributed by atoms with E-state index in [1.165, 1.54) is 41.9 Å². The quantitative estimate of drug-likeness (QED) is 0.00524. The summed E-state index contributed by atoms with van der Waals surface area (Å²) in [5.74, 6) is -1.52. The lowest BCUT2D eigenvalue weighted by Gasteiger charge is -2.39. The molecule has 0 unspecified atom stereocenters. The fraction of sp³-hybridized carbons (Fsp3) is 0.523. The van der Waals surface area contributed by atoms with Crippen LogP contribution in [-0.4, -0.2) is 216 Å². The molecule has 0 aliphatic heterocycles. The number of aromatic hydroxyl groups is 1. The lowest BCUT2D eigenvalue weighted by atomic mass is 10.0. The molecule has 0 fully saturated rings. The Hall–Kier alpha value is -8.77. The number of phenols is 1. The van der Waals surface area contributed by atoms with Crippen LogP contribution in [0.5, 0.6) is 5.75 Å². The summed E-state index contributed by atoms with van der Waals surface area (Å²) in [5, 5.41) is 27.8. The van der Waals surface area contributed by atoms with Gasteiger partial charge in [0.1, 0.15) is 35.7 Å². The first-order valence-corrected chi connectivity index (χ1v) is 84.5. The third-order valence-electron chi connectivity index (χ3n) is 22.7. The molecule has 28 nitrogen and oxygen atoms in total. The number of hydrogen-bond acceptors (Lipinski definition) is 24. The summed E-state index contributed by atoms with van der Waals surface area (Å²) in [4.78, 5) is 108. The van der Waals surface area contributed by atoms with Gasteiger partial charge in [0.2, 0.25) is 35.9 Å². The number of nitrogens with one attached hydrogen (secondary N) is 3. The molecule has 6 aromatic rings. The molecule has 0 saturated carbocycles. The number of aromatic nitrogens is 3. The van der Waals surface area contributed by atoms with Crippen molar-refractivity contribution in [2.75, 3.05) is 59.3 Å². The summed E-state index contributed by atoms with van der Waals surface area (Å²) in [6, 6.07) is 36.2. The maximum atomic E-state index is 14.5. The number of nitrogens with zero attached hydrogens (tertiary/aromatic N) is 3. The van der Waals surface area contributed by atoms with Crippen molar-refractivity contribution in [3.8, 4) is 11.4 Å². The van der Waals surface area contributed by atoms with Crippen molar-refractivity contribution in [1.29, 1.82) is 0 Å². The Morgan fingerprint density at radius 1 is 0.387 bits per heavy atom. The molecular weight excluding hydrogens is 2080 g/mol. The SMILES string of the molecule is C=C(C)C(=O)NCCC[Si](C)(C)O[Si](C)(C)O[Si](C)(C)CCCC.C=C(C)C(=O)NCCC[Si](C)(C)O[Si](C)(C)O[Si](C)(C)CCCNC(=O)C(=C)C.C=C(C)C(=O)OCCC[Si](C)(C)O[Si](C)(C)CC[Si](C)(C)O[Si](C)(C)C.C=C(C)C(=O)OCCc1ccc(O)c(-n2nc3ccccc3n2)c1.C=CCC(=O)OCCOCCOC(=O)CC=C.Cc1cc(C)c(C(=O)P(=O)(C(=O)c2c(C)cc(C)cc2C)c2ccccc2)c(C)c1. The molecule has 0 saturated heterocycles. The van der Waals surface area contributed by atoms with Crippen LogP contribution in [0.1, 0.15) is 153 Å². The van der Waals surface area contributed by atoms with Crippen molar-refractivity contribution >= 4 is 160 Å². The van der Waals surface area contributed by atoms with Gasteiger partial charge in [-0.05, 0) is 334 Å². The van der Waals surface area contributed by atoms with Gasteiger partial charge < -0.3 is 74.0 Å². The van der Waals surface area contributed by atoms with Gasteiger partial charge in [0, 0.05) is 70.4 Å². The second-order valence-electron chi connectivity index (χ2n) is 44.5. The molecule has 3 amide bonds. The molecule has 0 atom stereocenters. The second-order valence-corrected chi connectivity index (χ2v) is 89.9. The highest BCUT2D eigenvalue weighted by molar-refractivity contribution is 8.01. The Kier molecular flexibility index (Phi) is 61.1. The summed E-state index contributed by atoms with van der Waals surface area (Å²) in [5.41, 5.74) is 9.89. The van der Waals surface area contributed by atoms with Crippen LogP contribution in [0.4, 0.5) is 0 Å². The van der Waals surface area contributed by atoms with E-state index in [9.17, 15) is 52.8 Å². The summed E-state index contributed by atoms with van der Waals surface area (Å²) in [7, 11) is -22.2. The molecule has 1 aromatic heterocycles. The summed E-state index contributed by atoms with van der Waals surface area (Å²) in [6.45, 7) is 97.8. The fourth-order valence-electron chi connectivity index (χ4n) is 16.7. The van der Waals surface area contributed by atoms with Crippen LogP contribution in [0, 0.1) is 41.5 Å². The van der Waals surface area contributed by atoms with Gasteiger partial charge in [-0.2, -0.15) is 0 Å². The molecule has 836 valence electrons. The highest BCUT2D eigenvalue weighted by Gasteiger charge is 2.46. The number of aryl methyl sites for hydroxylation is 6. The van der Waals surface area contributed by atoms with Crippen LogP contribution in [0.2, 0.25) is 180 Å². The van der Waals surface area contributed by atoms with E-state index in [0.29, 0.717) is 77.3 Å². The number of hydrogen-bond donors (Lipinski definition) is 4. The van der Waals surface area contributed by atoms with Gasteiger partial charge in [-0.1, -0.05) is 149 Å². The van der Waals surface area contributed by atoms with Gasteiger partial charge >= 0.3 is 41.0 Å². The van der Waals surface area contributed by atoms with E-state index in [-0.39, 0.29) is 92.6 Å². The van der Waals surface area contributed by atoms with Crippen LogP contribution in [0.3, 0.4) is 0 Å². The Labute approximate surface area is 910 Å². The lowest BCUT2D eigenvalue weighted by molar-refractivity contribution is -0.146. The minimum atomic E-state index is -4.11. The number of esters is 4. The van der Waals surface area contributed by atoms with Gasteiger partial charge in [0.15, 0.2) is 66.5 Å². The third kappa shape index (κ3) is 57.4. The van der Waals surface area contributed by atoms with Crippen molar-refractivity contribution in [1.82, 2.24) is 30.9 Å². The van der Waals surface area contributed by atoms with Crippen molar-refractivity contribution in [2.24, 2.45) is 0 Å². The van der Waals surface area contributed by atoms with Gasteiger partial charge in [0.05, 0.1) is 39.3 Å². The van der Waals surface area contributed by atoms with E-state index in [0.717, 1.165) is 106 Å². The van der Waals surface area contributed by atoms with Crippen LogP contribution in [0.15, 0.2) is 183 Å². The summed E-state index contributed by atoms with van der Waals surface area (Å²) < 4.78 is 78.9. The van der Waals surface area contributed by atoms with Crippen molar-refractivity contribution in [2.45, 2.75) is 321 Å². The first-order valence-electron chi connectivity index (χ1n) is 52.0. The highest BCUT2D eigenvalue weighted by Crippen LogP contribution is 2.53. The molecular formula is C111H185N6O22PSi10. The number of unbranched alkanes of at least 4 members (excludes halogenated alkanes) is 1. The maximum Gasteiger partial charge on any atom is 0.333 e. The number of fused-ring (bicyclic) bond motifs is 1. The average Bonchev–Trinajstić information content (AvgIpc) is 1.04. The van der Waals surface area contributed by atoms with E-state index in [1.54, 1.807) is 83.1 Å². The minimum absolute atomic E-state index is 0.0582. The van der Waals surface area contributed by atoms with E-state index < -0.39 is 108 Å². The molecule has 0 spiro atoms. The number of rotatable bonds is 58. The van der Waals surface area contributed by atoms with E-state index >= 15 is 0 Å². The second kappa shape index (κ2) is 65.8. The molecule has 150 heavy (non-hydrogen) atoms. The smallest absolute Gasteiger partial charge is 0.333 e. The predicted octanol–water partition coefficient (Wildman–Crippen LogP) is 25.5. The van der Waals surface area contributed by atoms with E-state index in [1.807, 2.05) is 90.1 Å². The van der Waals surface area contributed by atoms with Gasteiger partial charge in [0.25, 0.3) is 0 Å². The number of benzene rings is 5.